The number of H-pyrrole nitrogens is 1. The van der Waals surface area contributed by atoms with E-state index in [1.54, 1.807) is 25.5 Å². The van der Waals surface area contributed by atoms with Crippen molar-refractivity contribution in [2.75, 3.05) is 18.5 Å². The number of carbonyl (C=O) groups excluding carboxylic acids is 2. The first kappa shape index (κ1) is 25.9. The van der Waals surface area contributed by atoms with Crippen LogP contribution in [0.2, 0.25) is 0 Å². The van der Waals surface area contributed by atoms with Crippen molar-refractivity contribution in [2.45, 2.75) is 45.3 Å². The minimum absolute atomic E-state index is 0.0404. The Bertz CT molecular complexity index is 1540. The van der Waals surface area contributed by atoms with Gasteiger partial charge in [-0.1, -0.05) is 18.2 Å². The van der Waals surface area contributed by atoms with Gasteiger partial charge in [0.1, 0.15) is 12.3 Å². The van der Waals surface area contributed by atoms with Gasteiger partial charge in [0.25, 0.3) is 11.5 Å². The van der Waals surface area contributed by atoms with Gasteiger partial charge in [0.2, 0.25) is 5.91 Å². The molecule has 0 aliphatic heterocycles. The van der Waals surface area contributed by atoms with E-state index in [-0.39, 0.29) is 48.9 Å². The summed E-state index contributed by atoms with van der Waals surface area (Å²) in [5, 5.41) is 16.5. The molecular formula is C27H30N8O4. The number of amides is 2. The summed E-state index contributed by atoms with van der Waals surface area (Å²) in [6, 6.07) is 9.61. The van der Waals surface area contributed by atoms with Crippen LogP contribution in [0.15, 0.2) is 53.7 Å². The third-order valence-electron chi connectivity index (χ3n) is 6.36. The topological polar surface area (TPSA) is 156 Å². The molecule has 1 fully saturated rings. The number of pyridine rings is 1. The number of hydrogen-bond donors (Lipinski definition) is 4. The minimum atomic E-state index is -0.385. The summed E-state index contributed by atoms with van der Waals surface area (Å²) in [7, 11) is 0. The molecule has 1 saturated carbocycles. The fourth-order valence-electron chi connectivity index (χ4n) is 4.07. The molecule has 0 unspecified atom stereocenters. The number of para-hydroxylation sites is 1. The third-order valence-corrected chi connectivity index (χ3v) is 6.36. The zero-order valence-electron chi connectivity index (χ0n) is 21.6. The monoisotopic (exact) mass is 530 g/mol. The van der Waals surface area contributed by atoms with Gasteiger partial charge in [0, 0.05) is 29.9 Å². The lowest BCUT2D eigenvalue weighted by Crippen LogP contribution is -2.34. The smallest absolute Gasteiger partial charge is 0.293 e. The van der Waals surface area contributed by atoms with Crippen molar-refractivity contribution in [3.63, 3.8) is 0 Å². The maximum absolute atomic E-state index is 13.1. The largest absolute Gasteiger partial charge is 0.483 e. The highest BCUT2D eigenvalue weighted by Crippen LogP contribution is 2.20. The summed E-state index contributed by atoms with van der Waals surface area (Å²) in [5.74, 6) is 0.331. The molecule has 1 aliphatic carbocycles. The number of benzene rings is 1. The van der Waals surface area contributed by atoms with Crippen molar-refractivity contribution in [1.29, 1.82) is 0 Å². The molecular weight excluding hydrogens is 500 g/mol. The van der Waals surface area contributed by atoms with Crippen molar-refractivity contribution in [3.8, 4) is 5.75 Å². The van der Waals surface area contributed by atoms with Gasteiger partial charge >= 0.3 is 0 Å². The Balaban J connectivity index is 1.15. The fraction of sp³-hybridized carbons (Fsp3) is 0.333. The van der Waals surface area contributed by atoms with E-state index in [9.17, 15) is 14.4 Å². The Morgan fingerprint density at radius 1 is 1.13 bits per heavy atom. The molecule has 0 radical (unpaired) electrons. The maximum atomic E-state index is 13.1. The van der Waals surface area contributed by atoms with Crippen LogP contribution in [-0.4, -0.2) is 55.7 Å². The lowest BCUT2D eigenvalue weighted by Gasteiger charge is -2.14. The number of ether oxygens (including phenoxy) is 1. The zero-order chi connectivity index (χ0) is 27.2. The van der Waals surface area contributed by atoms with Crippen molar-refractivity contribution < 1.29 is 14.3 Å². The molecule has 0 bridgehead atoms. The van der Waals surface area contributed by atoms with Crippen LogP contribution < -0.4 is 26.2 Å². The van der Waals surface area contributed by atoms with Crippen LogP contribution in [0.25, 0.3) is 10.9 Å². The maximum Gasteiger partial charge on any atom is 0.293 e. The van der Waals surface area contributed by atoms with E-state index in [0.717, 1.165) is 29.3 Å². The fourth-order valence-corrected chi connectivity index (χ4v) is 4.07. The molecule has 1 aliphatic rings. The van der Waals surface area contributed by atoms with Crippen molar-refractivity contribution in [2.24, 2.45) is 0 Å². The highest BCUT2D eigenvalue weighted by Gasteiger charge is 2.23. The Labute approximate surface area is 224 Å². The predicted octanol–water partition coefficient (Wildman–Crippen LogP) is 1.45. The van der Waals surface area contributed by atoms with Gasteiger partial charge < -0.3 is 20.7 Å². The van der Waals surface area contributed by atoms with Gasteiger partial charge in [-0.3, -0.25) is 29.0 Å². The van der Waals surface area contributed by atoms with Crippen LogP contribution in [0.3, 0.4) is 0 Å². The molecule has 4 N–H and O–H groups in total. The van der Waals surface area contributed by atoms with E-state index in [1.165, 1.54) is 4.57 Å². The summed E-state index contributed by atoms with van der Waals surface area (Å²) in [6.45, 7) is 2.19. The number of aromatic nitrogens is 5. The lowest BCUT2D eigenvalue weighted by molar-refractivity contribution is -0.123. The van der Waals surface area contributed by atoms with Gasteiger partial charge in [0.15, 0.2) is 12.4 Å². The Morgan fingerprint density at radius 3 is 2.82 bits per heavy atom. The van der Waals surface area contributed by atoms with Gasteiger partial charge in [-0.2, -0.15) is 5.10 Å². The number of nitrogens with zero attached hydrogens (tertiary/aromatic N) is 4. The Morgan fingerprint density at radius 2 is 1.97 bits per heavy atom. The SMILES string of the molecule is Cc1cnc(NCCc2ccccc2OCC(=O)NC2CC2)c(=O)n1CC(=O)NCc1cc2cn[nH]c2cn1. The highest BCUT2D eigenvalue weighted by molar-refractivity contribution is 5.78. The van der Waals surface area contributed by atoms with Crippen LogP contribution in [0.5, 0.6) is 5.75 Å². The average Bonchev–Trinajstić information content (AvgIpc) is 3.62. The first-order chi connectivity index (χ1) is 19.0. The van der Waals surface area contributed by atoms with E-state index in [2.05, 4.69) is 36.1 Å². The van der Waals surface area contributed by atoms with E-state index < -0.39 is 0 Å². The number of rotatable bonds is 12. The molecule has 12 nitrogen and oxygen atoms in total. The van der Waals surface area contributed by atoms with Gasteiger partial charge in [-0.25, -0.2) is 4.98 Å². The minimum Gasteiger partial charge on any atom is -0.483 e. The number of fused-ring (bicyclic) bond motifs is 1. The normalized spacial score (nSPS) is 12.7. The number of aromatic amines is 1. The van der Waals surface area contributed by atoms with Gasteiger partial charge in [0.05, 0.1) is 30.1 Å². The van der Waals surface area contributed by atoms with E-state index in [1.807, 2.05) is 30.3 Å². The van der Waals surface area contributed by atoms with E-state index in [0.29, 0.717) is 30.1 Å². The summed E-state index contributed by atoms with van der Waals surface area (Å²) in [4.78, 5) is 46.2. The van der Waals surface area contributed by atoms with E-state index >= 15 is 0 Å². The molecule has 12 heteroatoms. The number of carbonyl (C=O) groups is 2. The molecule has 3 aromatic heterocycles. The lowest BCUT2D eigenvalue weighted by atomic mass is 10.1. The standard InChI is InChI=1S/C27H30N8O4/c1-17-11-31-26(28-9-8-18-4-2-3-5-23(18)39-16-25(37)33-20-6-7-20)27(38)35(17)15-24(36)30-13-21-10-19-12-32-34-22(19)14-29-21/h2-5,10-12,14,20H,6-9,13,15-16H2,1H3,(H,28,31)(H,30,36)(H,32,34)(H,33,37). The average molecular weight is 531 g/mol. The second-order valence-corrected chi connectivity index (χ2v) is 9.46. The summed E-state index contributed by atoms with van der Waals surface area (Å²) >= 11 is 0. The van der Waals surface area contributed by atoms with E-state index in [4.69, 9.17) is 4.74 Å². The van der Waals surface area contributed by atoms with Crippen molar-refractivity contribution in [1.82, 2.24) is 35.4 Å². The number of nitrogens with one attached hydrogen (secondary N) is 4. The van der Waals surface area contributed by atoms with Crippen LogP contribution >= 0.6 is 0 Å². The molecule has 0 spiro atoms. The van der Waals surface area contributed by atoms with Crippen LogP contribution in [0.1, 0.15) is 29.8 Å². The number of anilines is 1. The molecule has 0 saturated heterocycles. The molecule has 3 heterocycles. The van der Waals surface area contributed by atoms with Gasteiger partial charge in [-0.15, -0.1) is 0 Å². The van der Waals surface area contributed by atoms with Crippen molar-refractivity contribution in [3.05, 3.63) is 76.2 Å². The van der Waals surface area contributed by atoms with Crippen LogP contribution in [0.4, 0.5) is 5.82 Å². The Hall–Kier alpha value is -4.74. The van der Waals surface area contributed by atoms with Crippen molar-refractivity contribution >= 4 is 28.5 Å². The van der Waals surface area contributed by atoms with Crippen LogP contribution in [0, 0.1) is 6.92 Å². The second-order valence-electron chi connectivity index (χ2n) is 9.46. The predicted molar refractivity (Wildman–Crippen MR) is 144 cm³/mol. The highest BCUT2D eigenvalue weighted by atomic mass is 16.5. The van der Waals surface area contributed by atoms with Gasteiger partial charge in [-0.05, 0) is 43.9 Å². The molecule has 4 aromatic rings. The number of hydrogen-bond acceptors (Lipinski definition) is 8. The molecule has 5 rings (SSSR count). The third kappa shape index (κ3) is 6.78. The van der Waals surface area contributed by atoms with Crippen LogP contribution in [-0.2, 0) is 29.1 Å². The molecule has 202 valence electrons. The zero-order valence-corrected chi connectivity index (χ0v) is 21.6. The first-order valence-electron chi connectivity index (χ1n) is 12.8. The molecule has 1 aromatic carbocycles. The number of aryl methyl sites for hydroxylation is 1. The Kier molecular flexibility index (Phi) is 7.80. The first-order valence-corrected chi connectivity index (χ1v) is 12.8. The molecule has 0 atom stereocenters. The summed E-state index contributed by atoms with van der Waals surface area (Å²) in [5.41, 5.74) is 2.59. The second kappa shape index (κ2) is 11.8. The summed E-state index contributed by atoms with van der Waals surface area (Å²) in [6.07, 6.45) is 7.50. The molecule has 39 heavy (non-hydrogen) atoms. The summed E-state index contributed by atoms with van der Waals surface area (Å²) < 4.78 is 7.11. The molecule has 2 amide bonds. The quantitative estimate of drug-likeness (QED) is 0.214.